The van der Waals surface area contributed by atoms with Gasteiger partial charge in [0.2, 0.25) is 0 Å². The minimum atomic E-state index is 0.937. The Bertz CT molecular complexity index is 208. The van der Waals surface area contributed by atoms with Gasteiger partial charge in [-0.2, -0.15) is 0 Å². The largest absolute Gasteiger partial charge is 0.131 e. The van der Waals surface area contributed by atoms with Gasteiger partial charge >= 0.3 is 0 Å². The molecule has 0 nitrogen and oxygen atoms in total. The van der Waals surface area contributed by atoms with Crippen LogP contribution in [0.3, 0.4) is 0 Å². The lowest BCUT2D eigenvalue weighted by Crippen LogP contribution is -2.19. The number of rotatable bonds is 2. The molecule has 2 aliphatic carbocycles. The first-order valence-electron chi connectivity index (χ1n) is 7.41. The zero-order valence-electron chi connectivity index (χ0n) is 10.6. The summed E-state index contributed by atoms with van der Waals surface area (Å²) in [6, 6.07) is 0. The Labute approximate surface area is 118 Å². The van der Waals surface area contributed by atoms with Crippen LogP contribution in [0.5, 0.6) is 0 Å². The summed E-state index contributed by atoms with van der Waals surface area (Å²) in [4.78, 5) is 0. The van der Waals surface area contributed by atoms with Crippen molar-refractivity contribution in [3.63, 3.8) is 0 Å². The van der Waals surface area contributed by atoms with Gasteiger partial charge in [0.1, 0.15) is 0 Å². The third-order valence-electron chi connectivity index (χ3n) is 4.58. The van der Waals surface area contributed by atoms with Gasteiger partial charge in [-0.15, -0.1) is 11.8 Å². The van der Waals surface area contributed by atoms with Crippen LogP contribution in [0.4, 0.5) is 0 Å². The van der Waals surface area contributed by atoms with Gasteiger partial charge in [0.05, 0.1) is 9.16 Å². The van der Waals surface area contributed by atoms with Crippen LogP contribution in [-0.2, 0) is 0 Å². The van der Waals surface area contributed by atoms with Crippen LogP contribution < -0.4 is 0 Å². The first kappa shape index (κ1) is 13.1. The quantitative estimate of drug-likeness (QED) is 0.578. The highest BCUT2D eigenvalue weighted by Crippen LogP contribution is 2.59. The van der Waals surface area contributed by atoms with Crippen molar-refractivity contribution in [2.75, 3.05) is 0 Å². The summed E-state index contributed by atoms with van der Waals surface area (Å²) in [5.74, 6) is 2.08. The molecule has 2 atom stereocenters. The van der Waals surface area contributed by atoms with Crippen LogP contribution >= 0.6 is 33.3 Å². The topological polar surface area (TPSA) is 0 Å². The number of hydrogen-bond donors (Lipinski definition) is 0. The van der Waals surface area contributed by atoms with Gasteiger partial charge in [-0.25, -0.2) is 0 Å². The van der Waals surface area contributed by atoms with E-state index in [1.807, 2.05) is 0 Å². The van der Waals surface area contributed by atoms with Gasteiger partial charge in [-0.05, 0) is 37.5 Å². The van der Waals surface area contributed by atoms with E-state index in [1.165, 1.54) is 64.2 Å². The highest BCUT2D eigenvalue weighted by atomic mass is 33.1. The first-order valence-corrected chi connectivity index (χ1v) is 10.6. The maximum Gasteiger partial charge on any atom is 0.0646 e. The van der Waals surface area contributed by atoms with Gasteiger partial charge in [-0.1, -0.05) is 60.1 Å². The van der Waals surface area contributed by atoms with Crippen LogP contribution in [0, 0.1) is 11.8 Å². The third-order valence-corrected chi connectivity index (χ3v) is 10.7. The summed E-state index contributed by atoms with van der Waals surface area (Å²) in [5.41, 5.74) is 0. The average Bonchev–Trinajstić information content (AvgIpc) is 2.90. The molecule has 17 heavy (non-hydrogen) atoms. The van der Waals surface area contributed by atoms with E-state index in [9.17, 15) is 0 Å². The molecule has 3 rings (SSSR count). The third kappa shape index (κ3) is 3.33. The fourth-order valence-electron chi connectivity index (χ4n) is 3.48. The van der Waals surface area contributed by atoms with Crippen LogP contribution in [0.25, 0.3) is 0 Å². The van der Waals surface area contributed by atoms with E-state index >= 15 is 0 Å². The van der Waals surface area contributed by atoms with E-state index in [1.54, 1.807) is 0 Å². The molecule has 98 valence electrons. The summed E-state index contributed by atoms with van der Waals surface area (Å²) in [7, 11) is 4.46. The van der Waals surface area contributed by atoms with Crippen molar-refractivity contribution in [2.45, 2.75) is 73.4 Å². The second kappa shape index (κ2) is 6.47. The fourth-order valence-corrected chi connectivity index (χ4v) is 10.3. The van der Waals surface area contributed by atoms with E-state index in [-0.39, 0.29) is 0 Å². The Kier molecular flexibility index (Phi) is 4.97. The van der Waals surface area contributed by atoms with Crippen LogP contribution in [0.1, 0.15) is 64.2 Å². The molecule has 0 aromatic carbocycles. The lowest BCUT2D eigenvalue weighted by Gasteiger charge is -2.28. The monoisotopic (exact) mass is 288 g/mol. The molecule has 3 fully saturated rings. The summed E-state index contributed by atoms with van der Waals surface area (Å²) in [6.45, 7) is 0. The Hall–Kier alpha value is 1.05. The smallest absolute Gasteiger partial charge is 0.0646 e. The lowest BCUT2D eigenvalue weighted by atomic mass is 9.90. The molecule has 1 aliphatic heterocycles. The van der Waals surface area contributed by atoms with Crippen molar-refractivity contribution in [1.29, 1.82) is 0 Å². The minimum absolute atomic E-state index is 0.937. The predicted octanol–water partition coefficient (Wildman–Crippen LogP) is 5.93. The van der Waals surface area contributed by atoms with Gasteiger partial charge < -0.3 is 0 Å². The van der Waals surface area contributed by atoms with Gasteiger partial charge in [0, 0.05) is 0 Å². The molecule has 1 heterocycles. The summed E-state index contributed by atoms with van der Waals surface area (Å²) < 4.78 is 1.87. The van der Waals surface area contributed by atoms with Crippen molar-refractivity contribution in [2.24, 2.45) is 11.8 Å². The molecule has 2 saturated carbocycles. The van der Waals surface area contributed by atoms with Crippen molar-refractivity contribution in [3.05, 3.63) is 0 Å². The lowest BCUT2D eigenvalue weighted by molar-refractivity contribution is 0.374. The molecule has 0 N–H and O–H groups in total. The zero-order chi connectivity index (χ0) is 11.5. The maximum atomic E-state index is 2.35. The maximum absolute atomic E-state index is 2.35. The van der Waals surface area contributed by atoms with E-state index in [4.69, 9.17) is 0 Å². The van der Waals surface area contributed by atoms with E-state index in [0.29, 0.717) is 0 Å². The van der Waals surface area contributed by atoms with Crippen LogP contribution in [0.2, 0.25) is 0 Å². The van der Waals surface area contributed by atoms with Crippen LogP contribution in [0.15, 0.2) is 0 Å². The SMILES string of the molecule is C1CCC(C2SSC(C3CCCCC3)S2)CC1. The average molecular weight is 289 g/mol. The number of thioether (sulfide) groups is 1. The highest BCUT2D eigenvalue weighted by molar-refractivity contribution is 8.82. The first-order chi connectivity index (χ1) is 8.43. The predicted molar refractivity (Wildman–Crippen MR) is 83.5 cm³/mol. The molecule has 0 radical (unpaired) electrons. The van der Waals surface area contributed by atoms with Crippen molar-refractivity contribution in [3.8, 4) is 0 Å². The normalized spacial score (nSPS) is 37.4. The molecule has 2 unspecified atom stereocenters. The van der Waals surface area contributed by atoms with Crippen molar-refractivity contribution >= 4 is 33.3 Å². The molecule has 0 spiro atoms. The second-order valence-corrected chi connectivity index (χ2v) is 10.3. The standard InChI is InChI=1S/C14H24S3/c1-3-7-11(8-4-1)13-15-14(17-16-13)12-9-5-2-6-10-12/h11-14H,1-10H2. The molecule has 0 bridgehead atoms. The fraction of sp³-hybridized carbons (Fsp3) is 1.00. The number of hydrogen-bond acceptors (Lipinski definition) is 3. The Morgan fingerprint density at radius 3 is 1.35 bits per heavy atom. The molecule has 3 heteroatoms. The second-order valence-electron chi connectivity index (χ2n) is 5.86. The van der Waals surface area contributed by atoms with E-state index in [2.05, 4.69) is 33.3 Å². The Morgan fingerprint density at radius 1 is 0.529 bits per heavy atom. The highest BCUT2D eigenvalue weighted by Gasteiger charge is 2.37. The zero-order valence-corrected chi connectivity index (χ0v) is 13.1. The van der Waals surface area contributed by atoms with E-state index in [0.717, 1.165) is 21.0 Å². The van der Waals surface area contributed by atoms with Crippen molar-refractivity contribution < 1.29 is 0 Å². The summed E-state index contributed by atoms with van der Waals surface area (Å²) >= 11 is 2.35. The molecule has 0 amide bonds. The molecule has 0 aromatic heterocycles. The summed E-state index contributed by atoms with van der Waals surface area (Å²) in [6.07, 6.45) is 15.1. The molecule has 3 aliphatic rings. The van der Waals surface area contributed by atoms with Crippen molar-refractivity contribution in [1.82, 2.24) is 0 Å². The van der Waals surface area contributed by atoms with Gasteiger partial charge in [0.15, 0.2) is 0 Å². The van der Waals surface area contributed by atoms with Crippen LogP contribution in [-0.4, -0.2) is 9.16 Å². The van der Waals surface area contributed by atoms with Gasteiger partial charge in [0.25, 0.3) is 0 Å². The van der Waals surface area contributed by atoms with E-state index < -0.39 is 0 Å². The minimum Gasteiger partial charge on any atom is -0.131 e. The Balaban J connectivity index is 1.50. The van der Waals surface area contributed by atoms with Gasteiger partial charge in [-0.3, -0.25) is 0 Å². The molecule has 1 saturated heterocycles. The molecule has 0 aromatic rings. The Morgan fingerprint density at radius 2 is 0.941 bits per heavy atom. The molecular formula is C14H24S3. The molecular weight excluding hydrogens is 264 g/mol. The summed E-state index contributed by atoms with van der Waals surface area (Å²) in [5, 5.41) is 0.